The fourth-order valence-electron chi connectivity index (χ4n) is 4.03. The number of hydrogen-bond acceptors (Lipinski definition) is 4. The Labute approximate surface area is 129 Å². The zero-order valence-corrected chi connectivity index (χ0v) is 14.6. The number of nitrogens with one attached hydrogen (secondary N) is 1. The number of nitrogens with zero attached hydrogens (tertiary/aromatic N) is 1. The third-order valence-corrected chi connectivity index (χ3v) is 7.18. The van der Waals surface area contributed by atoms with Gasteiger partial charge in [-0.05, 0) is 12.8 Å². The lowest BCUT2D eigenvalue weighted by molar-refractivity contribution is -0.192. The minimum Gasteiger partial charge on any atom is -0.377 e. The van der Waals surface area contributed by atoms with Crippen LogP contribution in [0.15, 0.2) is 0 Å². The second-order valence-electron chi connectivity index (χ2n) is 6.75. The van der Waals surface area contributed by atoms with Gasteiger partial charge in [-0.2, -0.15) is 0 Å². The molecule has 0 radical (unpaired) electrons. The number of sulfonamides is 1. The Hall–Kier alpha value is -0.170. The summed E-state index contributed by atoms with van der Waals surface area (Å²) >= 11 is 0. The maximum absolute atomic E-state index is 12.2. The first-order valence-corrected chi connectivity index (χ1v) is 9.78. The first-order chi connectivity index (χ1) is 9.84. The van der Waals surface area contributed by atoms with E-state index in [9.17, 15) is 8.42 Å². The molecular weight excluding hydrogens is 288 g/mol. The molecule has 124 valence electrons. The van der Waals surface area contributed by atoms with E-state index >= 15 is 0 Å². The monoisotopic (exact) mass is 318 g/mol. The number of hydrogen-bond donors (Lipinski definition) is 1. The summed E-state index contributed by atoms with van der Waals surface area (Å²) in [5, 5.41) is 3.48. The zero-order valence-electron chi connectivity index (χ0n) is 13.8. The Morgan fingerprint density at radius 1 is 1.29 bits per heavy atom. The third-order valence-electron chi connectivity index (χ3n) is 5.15. The highest BCUT2D eigenvalue weighted by atomic mass is 32.2. The Morgan fingerprint density at radius 2 is 1.95 bits per heavy atom. The first-order valence-electron chi connectivity index (χ1n) is 8.17. The van der Waals surface area contributed by atoms with Crippen LogP contribution in [-0.4, -0.2) is 56.9 Å². The van der Waals surface area contributed by atoms with E-state index < -0.39 is 10.0 Å². The normalized spacial score (nSPS) is 31.8. The summed E-state index contributed by atoms with van der Waals surface area (Å²) in [5.74, 6) is 0.726. The standard InChI is InChI=1S/C15H30N2O3S/c1-5-17(6-2)21(18,19)11-9-16-13-12-8-7-10-20-14(12)15(13,3)4/h12-14,16H,5-11H2,1-4H3/t12-,13+,14+/m0/s1. The van der Waals surface area contributed by atoms with Crippen LogP contribution in [0.1, 0.15) is 40.5 Å². The topological polar surface area (TPSA) is 58.6 Å². The van der Waals surface area contributed by atoms with Crippen LogP contribution >= 0.6 is 0 Å². The Balaban J connectivity index is 1.86. The molecule has 0 aromatic carbocycles. The predicted octanol–water partition coefficient (Wildman–Crippen LogP) is 1.45. The molecule has 1 aliphatic heterocycles. The smallest absolute Gasteiger partial charge is 0.215 e. The van der Waals surface area contributed by atoms with Crippen molar-refractivity contribution in [1.29, 1.82) is 0 Å². The van der Waals surface area contributed by atoms with Crippen LogP contribution in [0.25, 0.3) is 0 Å². The molecule has 3 atom stereocenters. The quantitative estimate of drug-likeness (QED) is 0.772. The Morgan fingerprint density at radius 3 is 2.57 bits per heavy atom. The van der Waals surface area contributed by atoms with Crippen molar-refractivity contribution in [3.63, 3.8) is 0 Å². The maximum atomic E-state index is 12.2. The predicted molar refractivity (Wildman–Crippen MR) is 84.7 cm³/mol. The van der Waals surface area contributed by atoms with E-state index in [-0.39, 0.29) is 11.2 Å². The van der Waals surface area contributed by atoms with Gasteiger partial charge < -0.3 is 10.1 Å². The molecule has 0 spiro atoms. The first kappa shape index (κ1) is 17.2. The number of ether oxygens (including phenoxy) is 1. The van der Waals surface area contributed by atoms with Crippen LogP contribution in [0.5, 0.6) is 0 Å². The summed E-state index contributed by atoms with van der Waals surface area (Å²) < 4.78 is 31.8. The fraction of sp³-hybridized carbons (Fsp3) is 1.00. The van der Waals surface area contributed by atoms with Gasteiger partial charge in [0.25, 0.3) is 0 Å². The van der Waals surface area contributed by atoms with Gasteiger partial charge in [-0.3, -0.25) is 0 Å². The third kappa shape index (κ3) is 3.28. The fourth-order valence-corrected chi connectivity index (χ4v) is 5.45. The molecule has 5 nitrogen and oxygen atoms in total. The minimum atomic E-state index is -3.13. The summed E-state index contributed by atoms with van der Waals surface area (Å²) in [6, 6.07) is 0.370. The Kier molecular flexibility index (Phi) is 5.34. The van der Waals surface area contributed by atoms with Gasteiger partial charge in [-0.15, -0.1) is 0 Å². The zero-order chi connectivity index (χ0) is 15.7. The van der Waals surface area contributed by atoms with E-state index in [1.165, 1.54) is 10.7 Å². The second kappa shape index (κ2) is 6.52. The van der Waals surface area contributed by atoms with E-state index in [1.807, 2.05) is 13.8 Å². The summed E-state index contributed by atoms with van der Waals surface area (Å²) in [4.78, 5) is 0. The number of fused-ring (bicyclic) bond motifs is 1. The molecule has 0 amide bonds. The lowest BCUT2D eigenvalue weighted by Crippen LogP contribution is -2.69. The Bertz CT molecular complexity index is 446. The van der Waals surface area contributed by atoms with Gasteiger partial charge >= 0.3 is 0 Å². The molecule has 0 bridgehead atoms. The molecule has 1 N–H and O–H groups in total. The van der Waals surface area contributed by atoms with E-state index in [0.29, 0.717) is 37.7 Å². The molecule has 6 heteroatoms. The van der Waals surface area contributed by atoms with Crippen molar-refractivity contribution in [2.24, 2.45) is 11.3 Å². The van der Waals surface area contributed by atoms with Crippen molar-refractivity contribution in [2.45, 2.75) is 52.7 Å². The van der Waals surface area contributed by atoms with Gasteiger partial charge in [0.05, 0.1) is 11.9 Å². The summed E-state index contributed by atoms with van der Waals surface area (Å²) in [5.41, 5.74) is 0.101. The molecule has 1 aliphatic carbocycles. The van der Waals surface area contributed by atoms with E-state index in [1.54, 1.807) is 0 Å². The minimum absolute atomic E-state index is 0.101. The highest BCUT2D eigenvalue weighted by molar-refractivity contribution is 7.89. The lowest BCUT2D eigenvalue weighted by atomic mass is 9.55. The van der Waals surface area contributed by atoms with Crippen molar-refractivity contribution in [3.05, 3.63) is 0 Å². The van der Waals surface area contributed by atoms with E-state index in [0.717, 1.165) is 13.0 Å². The van der Waals surface area contributed by atoms with Crippen LogP contribution in [-0.2, 0) is 14.8 Å². The van der Waals surface area contributed by atoms with Crippen molar-refractivity contribution in [2.75, 3.05) is 32.0 Å². The van der Waals surface area contributed by atoms with Crippen LogP contribution in [0, 0.1) is 11.3 Å². The summed E-state index contributed by atoms with van der Waals surface area (Å²) in [6.07, 6.45) is 2.64. The largest absolute Gasteiger partial charge is 0.377 e. The average Bonchev–Trinajstić information content (AvgIpc) is 2.44. The van der Waals surface area contributed by atoms with Gasteiger partial charge in [0.1, 0.15) is 0 Å². The molecule has 2 rings (SSSR count). The molecule has 2 fully saturated rings. The molecule has 1 saturated heterocycles. The van der Waals surface area contributed by atoms with Crippen molar-refractivity contribution >= 4 is 10.0 Å². The molecule has 0 aromatic rings. The molecule has 21 heavy (non-hydrogen) atoms. The molecule has 0 aromatic heterocycles. The van der Waals surface area contributed by atoms with Crippen molar-refractivity contribution in [1.82, 2.24) is 9.62 Å². The van der Waals surface area contributed by atoms with Gasteiger partial charge in [0.15, 0.2) is 0 Å². The molecular formula is C15H30N2O3S. The SMILES string of the molecule is CCN(CC)S(=O)(=O)CCN[C@@H]1[C@@H]2CCCO[C@H]2C1(C)C. The molecule has 2 aliphatic rings. The van der Waals surface area contributed by atoms with Gasteiger partial charge in [-0.1, -0.05) is 27.7 Å². The van der Waals surface area contributed by atoms with Gasteiger partial charge in [0.2, 0.25) is 10.0 Å². The summed E-state index contributed by atoms with van der Waals surface area (Å²) in [6.45, 7) is 10.7. The van der Waals surface area contributed by atoms with Gasteiger partial charge in [0, 0.05) is 43.6 Å². The number of rotatable bonds is 7. The summed E-state index contributed by atoms with van der Waals surface area (Å²) in [7, 11) is -3.13. The lowest BCUT2D eigenvalue weighted by Gasteiger charge is -2.60. The van der Waals surface area contributed by atoms with Crippen LogP contribution in [0.4, 0.5) is 0 Å². The molecule has 1 saturated carbocycles. The second-order valence-corrected chi connectivity index (χ2v) is 8.84. The van der Waals surface area contributed by atoms with E-state index in [2.05, 4.69) is 19.2 Å². The van der Waals surface area contributed by atoms with E-state index in [4.69, 9.17) is 4.74 Å². The highest BCUT2D eigenvalue weighted by Gasteiger charge is 2.57. The van der Waals surface area contributed by atoms with Crippen molar-refractivity contribution in [3.8, 4) is 0 Å². The van der Waals surface area contributed by atoms with Crippen LogP contribution in [0.3, 0.4) is 0 Å². The van der Waals surface area contributed by atoms with Crippen molar-refractivity contribution < 1.29 is 13.2 Å². The molecule has 0 unspecified atom stereocenters. The molecule has 1 heterocycles. The van der Waals surface area contributed by atoms with Crippen LogP contribution < -0.4 is 5.32 Å². The van der Waals surface area contributed by atoms with Crippen LogP contribution in [0.2, 0.25) is 0 Å². The highest BCUT2D eigenvalue weighted by Crippen LogP contribution is 2.51. The van der Waals surface area contributed by atoms with Gasteiger partial charge in [-0.25, -0.2) is 12.7 Å². The maximum Gasteiger partial charge on any atom is 0.215 e. The average molecular weight is 318 g/mol.